The molecule has 18 heteroatoms. The molecule has 0 radical (unpaired) electrons. The van der Waals surface area contributed by atoms with E-state index in [1.807, 2.05) is 38.0 Å². The summed E-state index contributed by atoms with van der Waals surface area (Å²) >= 11 is 0. The Hall–Kier alpha value is -8.20. The number of hydrogen-bond donors (Lipinski definition) is 6. The Morgan fingerprint density at radius 3 is 1.13 bits per heavy atom. The summed E-state index contributed by atoms with van der Waals surface area (Å²) in [6, 6.07) is 33.4. The number of hydrogen-bond acceptors (Lipinski definition) is 12. The molecular weight excluding hydrogens is 1010 g/mol. The van der Waals surface area contributed by atoms with Gasteiger partial charge in [0.2, 0.25) is 12.2 Å². The summed E-state index contributed by atoms with van der Waals surface area (Å²) in [4.78, 5) is 58.1. The molecule has 16 nitrogen and oxygen atoms in total. The van der Waals surface area contributed by atoms with Gasteiger partial charge in [0.05, 0.1) is 37.5 Å². The fraction of sp³-hybridized carbons (Fsp3) is 0.300. The first-order chi connectivity index (χ1) is 37.0. The second-order valence-corrected chi connectivity index (χ2v) is 18.8. The molecule has 1 unspecified atom stereocenters. The van der Waals surface area contributed by atoms with Gasteiger partial charge in [0, 0.05) is 0 Å². The molecule has 0 aliphatic heterocycles. The molecule has 6 N–H and O–H groups in total. The SMILES string of the molecule is Cc1ccc(C(=O)O[C@H](C(=O)O)[C@H](OC(=O)c2ccc(C)cc2)C(=O)O)cc1.[C-]#[N+]c1ccc(C(O)(CCCN(C)C)c2ccc(F)cc2)c(CO)c1.[C-]#[N+]c1ccc([C@](O)(CCCN(C)C)c2ccc(F)cc2)c(CO)c1. The lowest BCUT2D eigenvalue weighted by Crippen LogP contribution is -2.45. The first-order valence-corrected chi connectivity index (χ1v) is 24.5. The lowest BCUT2D eigenvalue weighted by Gasteiger charge is -2.32. The molecule has 0 aliphatic carbocycles. The summed E-state index contributed by atoms with van der Waals surface area (Å²) in [7, 11) is 7.84. The second-order valence-electron chi connectivity index (χ2n) is 18.8. The van der Waals surface area contributed by atoms with Crippen LogP contribution in [0.1, 0.15) is 90.9 Å². The zero-order chi connectivity index (χ0) is 57.7. The second kappa shape index (κ2) is 29.4. The fourth-order valence-electron chi connectivity index (χ4n) is 8.22. The van der Waals surface area contributed by atoms with E-state index in [0.717, 1.165) is 37.1 Å². The highest BCUT2D eigenvalue weighted by Crippen LogP contribution is 2.39. The van der Waals surface area contributed by atoms with Crippen LogP contribution in [0.25, 0.3) is 9.69 Å². The van der Waals surface area contributed by atoms with Crippen molar-refractivity contribution < 1.29 is 68.1 Å². The normalized spacial score (nSPS) is 13.1. The van der Waals surface area contributed by atoms with E-state index in [9.17, 15) is 58.6 Å². The van der Waals surface area contributed by atoms with Gasteiger partial charge in [0.15, 0.2) is 11.4 Å². The standard InChI is InChI=1S/2C20H23FN2O2.C20H18O8/c2*1-22-18-9-10-19(15(13-18)14-24)20(25,11-4-12-23(2)3)16-5-7-17(21)8-6-16;1-11-3-7-13(8-4-11)19(25)27-15(17(21)22)16(18(23)24)28-20(26)14-9-5-12(2)6-10-14/h2*5-10,13,24-25H,4,11-12,14H2,2-3H3;3-10,15-16H,1-2H3,(H,21,22)(H,23,24)/t20-;;15-,16-/m0.0/s1. The van der Waals surface area contributed by atoms with Crippen LogP contribution >= 0.6 is 0 Å². The Bertz CT molecular complexity index is 2840. The largest absolute Gasteiger partial charge is 0.478 e. The van der Waals surface area contributed by atoms with Gasteiger partial charge < -0.3 is 49.9 Å². The quantitative estimate of drug-likeness (QED) is 0.0292. The summed E-state index contributed by atoms with van der Waals surface area (Å²) in [6.07, 6.45) is -2.17. The van der Waals surface area contributed by atoms with Gasteiger partial charge in [-0.3, -0.25) is 0 Å². The summed E-state index contributed by atoms with van der Waals surface area (Å²) in [5, 5.41) is 61.1. The third-order valence-corrected chi connectivity index (χ3v) is 12.4. The number of esters is 2. The molecule has 0 heterocycles. The van der Waals surface area contributed by atoms with Crippen LogP contribution in [0.5, 0.6) is 0 Å². The van der Waals surface area contributed by atoms with Crippen LogP contribution in [0.3, 0.4) is 0 Å². The maximum atomic E-state index is 13.3. The van der Waals surface area contributed by atoms with E-state index in [4.69, 9.17) is 22.6 Å². The Morgan fingerprint density at radius 2 is 0.859 bits per heavy atom. The highest BCUT2D eigenvalue weighted by atomic mass is 19.1. The van der Waals surface area contributed by atoms with E-state index in [2.05, 4.69) is 9.69 Å². The molecule has 0 aliphatic rings. The molecule has 0 saturated heterocycles. The first-order valence-electron chi connectivity index (χ1n) is 24.5. The van der Waals surface area contributed by atoms with E-state index in [1.54, 1.807) is 98.8 Å². The van der Waals surface area contributed by atoms with Gasteiger partial charge in [-0.05, 0) is 163 Å². The number of carboxylic acids is 2. The van der Waals surface area contributed by atoms with Gasteiger partial charge in [-0.1, -0.05) is 96.1 Å². The lowest BCUT2D eigenvalue weighted by molar-refractivity contribution is -0.166. The zero-order valence-electron chi connectivity index (χ0n) is 44.2. The number of carbonyl (C=O) groups excluding carboxylic acids is 2. The molecule has 0 amide bonds. The number of carboxylic acid groups (broad SMARTS) is 2. The van der Waals surface area contributed by atoms with Crippen molar-refractivity contribution in [2.45, 2.75) is 76.2 Å². The van der Waals surface area contributed by atoms with Gasteiger partial charge >= 0.3 is 23.9 Å². The van der Waals surface area contributed by atoms with Gasteiger partial charge in [0.1, 0.15) is 22.8 Å². The number of nitrogens with zero attached hydrogens (tertiary/aromatic N) is 4. The minimum atomic E-state index is -2.22. The first kappa shape index (κ1) is 62.3. The van der Waals surface area contributed by atoms with E-state index in [1.165, 1.54) is 48.5 Å². The topological polar surface area (TPSA) is 223 Å². The van der Waals surface area contributed by atoms with Crippen molar-refractivity contribution in [3.05, 3.63) is 224 Å². The summed E-state index contributed by atoms with van der Waals surface area (Å²) in [5.41, 5.74) is 3.13. The predicted octanol–water partition coefficient (Wildman–Crippen LogP) is 9.12. The number of aliphatic hydroxyl groups is 4. The molecule has 4 atom stereocenters. The number of benzene rings is 6. The fourth-order valence-corrected chi connectivity index (χ4v) is 8.22. The van der Waals surface area contributed by atoms with Gasteiger partial charge in [-0.2, -0.15) is 0 Å². The maximum absolute atomic E-state index is 13.3. The van der Waals surface area contributed by atoms with Crippen LogP contribution in [-0.4, -0.2) is 118 Å². The van der Waals surface area contributed by atoms with Crippen molar-refractivity contribution in [3.63, 3.8) is 0 Å². The molecule has 6 aromatic carbocycles. The van der Waals surface area contributed by atoms with Gasteiger partial charge in [-0.25, -0.2) is 37.6 Å². The minimum absolute atomic E-state index is 0.0332. The average Bonchev–Trinajstić information content (AvgIpc) is 3.44. The Labute approximate surface area is 452 Å². The lowest BCUT2D eigenvalue weighted by atomic mass is 9.80. The number of halogens is 2. The molecule has 410 valence electrons. The van der Waals surface area contributed by atoms with E-state index in [-0.39, 0.29) is 36.0 Å². The molecule has 6 aromatic rings. The molecule has 6 rings (SSSR count). The highest BCUT2D eigenvalue weighted by molar-refractivity contribution is 5.95. The number of ether oxygens (including phenoxy) is 2. The van der Waals surface area contributed by atoms with Crippen molar-refractivity contribution in [3.8, 4) is 0 Å². The van der Waals surface area contributed by atoms with Gasteiger partial charge in [-0.15, -0.1) is 0 Å². The zero-order valence-corrected chi connectivity index (χ0v) is 44.2. The maximum Gasteiger partial charge on any atom is 0.349 e. The van der Waals surface area contributed by atoms with Crippen molar-refractivity contribution in [1.82, 2.24) is 9.80 Å². The molecule has 0 spiro atoms. The monoisotopic (exact) mass is 1070 g/mol. The Balaban J connectivity index is 0.000000253. The van der Waals surface area contributed by atoms with E-state index in [0.29, 0.717) is 57.6 Å². The summed E-state index contributed by atoms with van der Waals surface area (Å²) in [5.74, 6) is -6.36. The predicted molar refractivity (Wildman–Crippen MR) is 288 cm³/mol. The molecular formula is C60H64F2N4O12. The molecule has 78 heavy (non-hydrogen) atoms. The van der Waals surface area contributed by atoms with Crippen molar-refractivity contribution in [2.75, 3.05) is 41.3 Å². The van der Waals surface area contributed by atoms with Crippen LogP contribution in [0.2, 0.25) is 0 Å². The molecule has 0 saturated carbocycles. The Morgan fingerprint density at radius 1 is 0.538 bits per heavy atom. The van der Waals surface area contributed by atoms with Crippen LogP contribution in [0.15, 0.2) is 133 Å². The number of aliphatic carboxylic acids is 2. The smallest absolute Gasteiger partial charge is 0.349 e. The van der Waals surface area contributed by atoms with Crippen LogP contribution in [0.4, 0.5) is 20.2 Å². The minimum Gasteiger partial charge on any atom is -0.478 e. The van der Waals surface area contributed by atoms with Crippen molar-refractivity contribution in [2.24, 2.45) is 0 Å². The molecule has 0 bridgehead atoms. The Kier molecular flexibility index (Phi) is 23.5. The van der Waals surface area contributed by atoms with E-state index >= 15 is 0 Å². The highest BCUT2D eigenvalue weighted by Gasteiger charge is 2.41. The number of aryl methyl sites for hydroxylation is 2. The van der Waals surface area contributed by atoms with Crippen molar-refractivity contribution >= 4 is 35.3 Å². The third-order valence-electron chi connectivity index (χ3n) is 12.4. The van der Waals surface area contributed by atoms with Gasteiger partial charge in [0.25, 0.3) is 0 Å². The van der Waals surface area contributed by atoms with E-state index < -0.39 is 47.3 Å². The summed E-state index contributed by atoms with van der Waals surface area (Å²) < 4.78 is 36.3. The van der Waals surface area contributed by atoms with Crippen LogP contribution < -0.4 is 0 Å². The molecule has 0 fully saturated rings. The number of aliphatic hydroxyl groups excluding tert-OH is 2. The molecule has 0 aromatic heterocycles. The average molecular weight is 1070 g/mol. The number of rotatable bonds is 21. The van der Waals surface area contributed by atoms with Crippen LogP contribution in [0, 0.1) is 38.6 Å². The number of carbonyl (C=O) groups is 4. The third kappa shape index (κ3) is 17.4. The summed E-state index contributed by atoms with van der Waals surface area (Å²) in [6.45, 7) is 18.8. The van der Waals surface area contributed by atoms with Crippen LogP contribution in [-0.2, 0) is 43.5 Å². The van der Waals surface area contributed by atoms with Crippen molar-refractivity contribution in [1.29, 1.82) is 0 Å².